The number of nitrogens with zero attached hydrogens (tertiary/aromatic N) is 4. The molecule has 0 aliphatic carbocycles. The molecule has 0 spiro atoms. The number of hydrogen-bond acceptors (Lipinski definition) is 2. The van der Waals surface area contributed by atoms with E-state index in [1.165, 1.54) is 0 Å². The summed E-state index contributed by atoms with van der Waals surface area (Å²) in [5, 5.41) is 0. The van der Waals surface area contributed by atoms with Gasteiger partial charge in [0.1, 0.15) is 0 Å². The van der Waals surface area contributed by atoms with E-state index < -0.39 is 0 Å². The molecule has 5 heteroatoms. The molecule has 0 amide bonds. The SMILES string of the molecule is C1=Cc2nc1c(-c1ccccc1)c1ccc([n-]1)c(-c1ccccc1)c1nc(c(-c3ccccc3)c3ccc([n-]3)c2-c2ccccc2)C=C1.[Ni+2]. The number of benzene rings is 4. The first-order chi connectivity index (χ1) is 23.8. The Morgan fingerprint density at radius 3 is 0.735 bits per heavy atom. The molecule has 49 heavy (non-hydrogen) atoms. The Morgan fingerprint density at radius 2 is 0.510 bits per heavy atom. The summed E-state index contributed by atoms with van der Waals surface area (Å²) in [6.07, 6.45) is 8.41. The van der Waals surface area contributed by atoms with Crippen LogP contribution >= 0.6 is 0 Å². The van der Waals surface area contributed by atoms with Crippen LogP contribution in [-0.4, -0.2) is 9.97 Å². The Hall–Kier alpha value is -6.03. The predicted molar refractivity (Wildman–Crippen MR) is 199 cm³/mol. The van der Waals surface area contributed by atoms with Gasteiger partial charge in [-0.15, -0.1) is 22.1 Å². The van der Waals surface area contributed by atoms with Crippen LogP contribution in [0, 0.1) is 0 Å². The second-order valence-corrected chi connectivity index (χ2v) is 11.8. The quantitative estimate of drug-likeness (QED) is 0.175. The molecule has 0 unspecified atom stereocenters. The Kier molecular flexibility index (Phi) is 7.97. The van der Waals surface area contributed by atoms with Crippen LogP contribution in [0.3, 0.4) is 0 Å². The molecule has 0 radical (unpaired) electrons. The topological polar surface area (TPSA) is 54.0 Å². The maximum Gasteiger partial charge on any atom is 2.00 e. The minimum atomic E-state index is 0. The van der Waals surface area contributed by atoms with E-state index in [0.717, 1.165) is 89.4 Å². The van der Waals surface area contributed by atoms with Gasteiger partial charge in [0.05, 0.1) is 22.8 Å². The van der Waals surface area contributed by atoms with E-state index in [2.05, 4.69) is 146 Å². The minimum absolute atomic E-state index is 0. The third-order valence-corrected chi connectivity index (χ3v) is 8.86. The molecule has 4 aromatic carbocycles. The van der Waals surface area contributed by atoms with E-state index >= 15 is 0 Å². The van der Waals surface area contributed by atoms with Crippen LogP contribution in [0.15, 0.2) is 146 Å². The van der Waals surface area contributed by atoms with Crippen molar-refractivity contribution in [1.82, 2.24) is 19.9 Å². The van der Waals surface area contributed by atoms with Crippen LogP contribution in [0.25, 0.3) is 90.9 Å². The third-order valence-electron chi connectivity index (χ3n) is 8.86. The maximum absolute atomic E-state index is 5.31. The maximum atomic E-state index is 5.31. The fraction of sp³-hybridized carbons (Fsp3) is 0. The predicted octanol–water partition coefficient (Wildman–Crippen LogP) is 10.6. The van der Waals surface area contributed by atoms with Gasteiger partial charge in [0, 0.05) is 0 Å². The second-order valence-electron chi connectivity index (χ2n) is 11.8. The van der Waals surface area contributed by atoms with Crippen molar-refractivity contribution in [1.29, 1.82) is 0 Å². The van der Waals surface area contributed by atoms with Gasteiger partial charge in [-0.25, -0.2) is 9.97 Å². The van der Waals surface area contributed by atoms with E-state index in [-0.39, 0.29) is 16.5 Å². The van der Waals surface area contributed by atoms with E-state index in [9.17, 15) is 0 Å². The summed E-state index contributed by atoms with van der Waals surface area (Å²) in [5.74, 6) is 0. The average Bonchev–Trinajstić information content (AvgIpc) is 3.98. The summed E-state index contributed by atoms with van der Waals surface area (Å²) in [7, 11) is 0. The third kappa shape index (κ3) is 5.55. The molecule has 0 N–H and O–H groups in total. The Morgan fingerprint density at radius 1 is 0.286 bits per heavy atom. The summed E-state index contributed by atoms with van der Waals surface area (Å²) in [6.45, 7) is 0. The molecule has 5 heterocycles. The first kappa shape index (κ1) is 30.3. The molecule has 3 aromatic heterocycles. The van der Waals surface area contributed by atoms with Gasteiger partial charge in [0.25, 0.3) is 0 Å². The number of hydrogen-bond donors (Lipinski definition) is 0. The van der Waals surface area contributed by atoms with Crippen molar-refractivity contribution < 1.29 is 16.5 Å². The van der Waals surface area contributed by atoms with E-state index in [1.807, 2.05) is 24.3 Å². The van der Waals surface area contributed by atoms with Crippen LogP contribution in [0.1, 0.15) is 22.8 Å². The molecular weight excluding hydrogens is 643 g/mol. The molecule has 2 aliphatic heterocycles. The number of rotatable bonds is 4. The normalized spacial score (nSPS) is 11.8. The minimum Gasteiger partial charge on any atom is -0.657 e. The molecule has 9 rings (SSSR count). The molecule has 8 bridgehead atoms. The Balaban J connectivity index is 0.00000348. The molecule has 234 valence electrons. The number of fused-ring (bicyclic) bond motifs is 8. The summed E-state index contributed by atoms with van der Waals surface area (Å²) in [5.41, 5.74) is 15.0. The monoisotopic (exact) mass is 670 g/mol. The van der Waals surface area contributed by atoms with Crippen molar-refractivity contribution in [3.05, 3.63) is 168 Å². The summed E-state index contributed by atoms with van der Waals surface area (Å²) >= 11 is 0. The fourth-order valence-electron chi connectivity index (χ4n) is 6.69. The van der Waals surface area contributed by atoms with Crippen molar-refractivity contribution in [3.8, 4) is 44.5 Å². The van der Waals surface area contributed by atoms with Crippen molar-refractivity contribution in [2.24, 2.45) is 0 Å². The molecule has 0 saturated carbocycles. The zero-order chi connectivity index (χ0) is 31.9. The van der Waals surface area contributed by atoms with Crippen LogP contribution in [0.2, 0.25) is 0 Å². The number of aromatic nitrogens is 4. The summed E-state index contributed by atoms with van der Waals surface area (Å²) in [6, 6.07) is 50.0. The Bertz CT molecular complexity index is 2180. The van der Waals surface area contributed by atoms with Crippen molar-refractivity contribution in [2.75, 3.05) is 0 Å². The second kappa shape index (κ2) is 12.9. The summed E-state index contributed by atoms with van der Waals surface area (Å²) in [4.78, 5) is 21.2. The van der Waals surface area contributed by atoms with Gasteiger partial charge in [-0.2, -0.15) is 0 Å². The van der Waals surface area contributed by atoms with E-state index in [1.54, 1.807) is 0 Å². The van der Waals surface area contributed by atoms with Crippen molar-refractivity contribution in [3.63, 3.8) is 0 Å². The van der Waals surface area contributed by atoms with Gasteiger partial charge in [-0.3, -0.25) is 0 Å². The van der Waals surface area contributed by atoms with Crippen LogP contribution in [0.5, 0.6) is 0 Å². The van der Waals surface area contributed by atoms with Crippen LogP contribution in [-0.2, 0) is 16.5 Å². The van der Waals surface area contributed by atoms with Gasteiger partial charge in [-0.05, 0) is 68.8 Å². The van der Waals surface area contributed by atoms with Gasteiger partial charge in [-0.1, -0.05) is 146 Å². The van der Waals surface area contributed by atoms with Gasteiger partial charge >= 0.3 is 16.5 Å². The zero-order valence-electron chi connectivity index (χ0n) is 26.3. The van der Waals surface area contributed by atoms with Crippen molar-refractivity contribution >= 4 is 46.4 Å². The van der Waals surface area contributed by atoms with E-state index in [4.69, 9.17) is 19.9 Å². The first-order valence-electron chi connectivity index (χ1n) is 16.1. The molecule has 0 saturated heterocycles. The van der Waals surface area contributed by atoms with E-state index in [0.29, 0.717) is 0 Å². The van der Waals surface area contributed by atoms with Crippen molar-refractivity contribution in [2.45, 2.75) is 0 Å². The van der Waals surface area contributed by atoms with Crippen LogP contribution < -0.4 is 9.97 Å². The van der Waals surface area contributed by atoms with Gasteiger partial charge in [0.2, 0.25) is 0 Å². The largest absolute Gasteiger partial charge is 2.00 e. The molecule has 4 nitrogen and oxygen atoms in total. The Labute approximate surface area is 294 Å². The fourth-order valence-corrected chi connectivity index (χ4v) is 6.69. The average molecular weight is 671 g/mol. The molecule has 0 fully saturated rings. The molecule has 2 aliphatic rings. The molecule has 0 atom stereocenters. The smallest absolute Gasteiger partial charge is 0.657 e. The van der Waals surface area contributed by atoms with Gasteiger partial charge in [0.15, 0.2) is 0 Å². The first-order valence-corrected chi connectivity index (χ1v) is 16.1. The van der Waals surface area contributed by atoms with Gasteiger partial charge < -0.3 is 9.97 Å². The zero-order valence-corrected chi connectivity index (χ0v) is 27.3. The van der Waals surface area contributed by atoms with Crippen LogP contribution in [0.4, 0.5) is 0 Å². The molecule has 7 aromatic rings. The summed E-state index contributed by atoms with van der Waals surface area (Å²) < 4.78 is 0. The molecular formula is C44H28N4Ni. The standard InChI is InChI=1S/C44H28N4.Ni/c1-5-13-29(14-6-1)41-33-21-23-35(45-33)42(30-15-7-2-8-16-30)37-25-27-39(47-37)44(32-19-11-4-12-20-32)40-28-26-38(48-40)43(31-17-9-3-10-18-31)36-24-22-34(41)46-36;/h1-28H;/q-2;+2.